The molecule has 0 bridgehead atoms. The Morgan fingerprint density at radius 2 is 1.84 bits per heavy atom. The molecule has 0 saturated carbocycles. The Kier molecular flexibility index (Phi) is 3.06. The number of halogens is 1. The molecule has 6 heteroatoms. The zero-order chi connectivity index (χ0) is 13.5. The molecule has 19 heavy (non-hydrogen) atoms. The van der Waals surface area contributed by atoms with Crippen LogP contribution >= 0.6 is 22.6 Å². The van der Waals surface area contributed by atoms with Crippen molar-refractivity contribution in [3.05, 3.63) is 58.6 Å². The molecule has 3 aromatic rings. The normalized spacial score (nSPS) is 11.8. The number of benzene rings is 1. The lowest BCUT2D eigenvalue weighted by Gasteiger charge is -2.06. The van der Waals surface area contributed by atoms with Crippen LogP contribution in [0.15, 0.2) is 59.9 Å². The summed E-state index contributed by atoms with van der Waals surface area (Å²) in [6, 6.07) is 10.1. The van der Waals surface area contributed by atoms with Crippen molar-refractivity contribution in [3.63, 3.8) is 0 Å². The third-order valence-electron chi connectivity index (χ3n) is 2.82. The Morgan fingerprint density at radius 1 is 1.11 bits per heavy atom. The predicted molar refractivity (Wildman–Crippen MR) is 81.5 cm³/mol. The predicted octanol–water partition coefficient (Wildman–Crippen LogP) is 2.88. The molecule has 0 spiro atoms. The van der Waals surface area contributed by atoms with Crippen LogP contribution in [0, 0.1) is 3.57 Å². The van der Waals surface area contributed by atoms with E-state index in [4.69, 9.17) is 0 Å². The van der Waals surface area contributed by atoms with Gasteiger partial charge in [-0.1, -0.05) is 18.2 Å². The lowest BCUT2D eigenvalue weighted by molar-refractivity contribution is 0.589. The van der Waals surface area contributed by atoms with Crippen molar-refractivity contribution in [3.8, 4) is 0 Å². The van der Waals surface area contributed by atoms with Crippen molar-refractivity contribution in [1.82, 2.24) is 8.96 Å². The molecule has 0 aliphatic rings. The number of hydrogen-bond donors (Lipinski definition) is 0. The molecule has 3 rings (SSSR count). The average molecular weight is 384 g/mol. The lowest BCUT2D eigenvalue weighted by atomic mass is 10.3. The van der Waals surface area contributed by atoms with Crippen molar-refractivity contribution in [2.75, 3.05) is 0 Å². The summed E-state index contributed by atoms with van der Waals surface area (Å²) in [6.07, 6.45) is 4.89. The summed E-state index contributed by atoms with van der Waals surface area (Å²) in [5, 5.41) is 0.836. The summed E-state index contributed by atoms with van der Waals surface area (Å²) in [7, 11) is -3.56. The van der Waals surface area contributed by atoms with Gasteiger partial charge in [0, 0.05) is 27.5 Å². The Bertz CT molecular complexity index is 841. The van der Waals surface area contributed by atoms with Gasteiger partial charge in [-0.3, -0.25) is 4.98 Å². The van der Waals surface area contributed by atoms with Gasteiger partial charge in [0.1, 0.15) is 0 Å². The molecule has 0 atom stereocenters. The van der Waals surface area contributed by atoms with Crippen molar-refractivity contribution in [2.24, 2.45) is 0 Å². The van der Waals surface area contributed by atoms with E-state index in [0.717, 1.165) is 8.96 Å². The second kappa shape index (κ2) is 4.61. The van der Waals surface area contributed by atoms with Gasteiger partial charge < -0.3 is 0 Å². The minimum Gasteiger partial charge on any atom is -0.264 e. The van der Waals surface area contributed by atoms with Crippen LogP contribution in [-0.4, -0.2) is 17.4 Å². The van der Waals surface area contributed by atoms with Crippen LogP contribution in [0.4, 0.5) is 0 Å². The van der Waals surface area contributed by atoms with E-state index in [9.17, 15) is 8.42 Å². The Morgan fingerprint density at radius 3 is 2.58 bits per heavy atom. The molecule has 96 valence electrons. The quantitative estimate of drug-likeness (QED) is 0.639. The first-order valence-electron chi connectivity index (χ1n) is 5.52. The van der Waals surface area contributed by atoms with Gasteiger partial charge in [-0.15, -0.1) is 0 Å². The monoisotopic (exact) mass is 384 g/mol. The van der Waals surface area contributed by atoms with Crippen LogP contribution < -0.4 is 0 Å². The van der Waals surface area contributed by atoms with Gasteiger partial charge in [-0.05, 0) is 40.8 Å². The molecular formula is C13H9IN2O2S. The first kappa shape index (κ1) is 12.6. The van der Waals surface area contributed by atoms with E-state index in [1.165, 1.54) is 3.97 Å². The van der Waals surface area contributed by atoms with E-state index in [2.05, 4.69) is 27.6 Å². The molecule has 0 N–H and O–H groups in total. The number of pyridine rings is 1. The smallest absolute Gasteiger partial charge is 0.264 e. The third kappa shape index (κ3) is 2.04. The average Bonchev–Trinajstić information content (AvgIpc) is 2.79. The minimum atomic E-state index is -3.56. The maximum atomic E-state index is 12.6. The van der Waals surface area contributed by atoms with E-state index in [-0.39, 0.29) is 4.90 Å². The van der Waals surface area contributed by atoms with Crippen LogP contribution in [0.2, 0.25) is 0 Å². The van der Waals surface area contributed by atoms with Gasteiger partial charge >= 0.3 is 0 Å². The van der Waals surface area contributed by atoms with E-state index < -0.39 is 10.0 Å². The highest BCUT2D eigenvalue weighted by atomic mass is 127. The van der Waals surface area contributed by atoms with Crippen LogP contribution in [0.1, 0.15) is 0 Å². The molecule has 0 aliphatic carbocycles. The van der Waals surface area contributed by atoms with Crippen molar-refractivity contribution < 1.29 is 8.42 Å². The number of hydrogen-bond acceptors (Lipinski definition) is 3. The molecule has 0 aliphatic heterocycles. The topological polar surface area (TPSA) is 52.0 Å². The van der Waals surface area contributed by atoms with Crippen LogP contribution in [0.3, 0.4) is 0 Å². The summed E-state index contributed by atoms with van der Waals surface area (Å²) in [4.78, 5) is 4.31. The fourth-order valence-corrected chi connectivity index (χ4v) is 4.18. The van der Waals surface area contributed by atoms with E-state index in [1.807, 2.05) is 0 Å². The Balaban J connectivity index is 2.31. The molecule has 0 fully saturated rings. The van der Waals surface area contributed by atoms with Crippen molar-refractivity contribution in [1.29, 1.82) is 0 Å². The largest absolute Gasteiger partial charge is 0.268 e. The highest BCUT2D eigenvalue weighted by molar-refractivity contribution is 14.1. The maximum Gasteiger partial charge on any atom is 0.268 e. The summed E-state index contributed by atoms with van der Waals surface area (Å²) in [5.74, 6) is 0. The van der Waals surface area contributed by atoms with Gasteiger partial charge in [0.25, 0.3) is 10.0 Å². The maximum absolute atomic E-state index is 12.6. The number of fused-ring (bicyclic) bond motifs is 1. The number of nitrogens with zero attached hydrogens (tertiary/aromatic N) is 2. The lowest BCUT2D eigenvalue weighted by Crippen LogP contribution is -2.11. The first-order chi connectivity index (χ1) is 9.10. The molecule has 0 amide bonds. The van der Waals surface area contributed by atoms with Gasteiger partial charge in [-0.2, -0.15) is 0 Å². The Labute approximate surface area is 124 Å². The van der Waals surface area contributed by atoms with Crippen LogP contribution in [0.25, 0.3) is 10.9 Å². The molecular weight excluding hydrogens is 375 g/mol. The van der Waals surface area contributed by atoms with Gasteiger partial charge in [0.05, 0.1) is 10.4 Å². The standard InChI is InChI=1S/C13H9IN2O2S/c14-12-9-16(13-6-7-15-8-11(12)13)19(17,18)10-4-2-1-3-5-10/h1-9H. The first-order valence-corrected chi connectivity index (χ1v) is 8.04. The van der Waals surface area contributed by atoms with Crippen molar-refractivity contribution in [2.45, 2.75) is 4.90 Å². The Hall–Kier alpha value is -1.41. The SMILES string of the molecule is O=S(=O)(c1ccccc1)n1cc(I)c2cnccc21. The second-order valence-corrected chi connectivity index (χ2v) is 6.96. The molecule has 0 saturated heterocycles. The summed E-state index contributed by atoms with van der Waals surface area (Å²) < 4.78 is 27.4. The van der Waals surface area contributed by atoms with Crippen molar-refractivity contribution >= 4 is 43.5 Å². The summed E-state index contributed by atoms with van der Waals surface area (Å²) >= 11 is 2.11. The molecule has 0 radical (unpaired) electrons. The molecule has 2 heterocycles. The molecule has 1 aromatic carbocycles. The zero-order valence-corrected chi connectivity index (χ0v) is 12.7. The third-order valence-corrected chi connectivity index (χ3v) is 5.37. The molecule has 4 nitrogen and oxygen atoms in total. The number of rotatable bonds is 2. The van der Waals surface area contributed by atoms with E-state index in [1.54, 1.807) is 55.0 Å². The van der Waals surface area contributed by atoms with Crippen LogP contribution in [0.5, 0.6) is 0 Å². The summed E-state index contributed by atoms with van der Waals surface area (Å²) in [5.41, 5.74) is 0.642. The van der Waals surface area contributed by atoms with Gasteiger partial charge in [0.2, 0.25) is 0 Å². The number of aromatic nitrogens is 2. The van der Waals surface area contributed by atoms with Crippen LogP contribution in [-0.2, 0) is 10.0 Å². The van der Waals surface area contributed by atoms with E-state index in [0.29, 0.717) is 5.52 Å². The fourth-order valence-electron chi connectivity index (χ4n) is 1.91. The van der Waals surface area contributed by atoms with E-state index >= 15 is 0 Å². The fraction of sp³-hybridized carbons (Fsp3) is 0. The zero-order valence-electron chi connectivity index (χ0n) is 9.69. The highest BCUT2D eigenvalue weighted by Gasteiger charge is 2.20. The second-order valence-electron chi connectivity index (χ2n) is 3.98. The molecule has 2 aromatic heterocycles. The minimum absolute atomic E-state index is 0.278. The highest BCUT2D eigenvalue weighted by Crippen LogP contribution is 2.25. The molecule has 0 unspecified atom stereocenters. The summed E-state index contributed by atoms with van der Waals surface area (Å²) in [6.45, 7) is 0. The van der Waals surface area contributed by atoms with Gasteiger partial charge in [0.15, 0.2) is 0 Å². The van der Waals surface area contributed by atoms with Gasteiger partial charge in [-0.25, -0.2) is 12.4 Å².